The smallest absolute Gasteiger partial charge is 0.472 e. The second kappa shape index (κ2) is 8.27. The van der Waals surface area contributed by atoms with Crippen LogP contribution in [0.1, 0.15) is 19.8 Å². The quantitative estimate of drug-likeness (QED) is 0.554. The van der Waals surface area contributed by atoms with Gasteiger partial charge < -0.3 is 9.63 Å². The van der Waals surface area contributed by atoms with Crippen molar-refractivity contribution in [1.82, 2.24) is 0 Å². The third kappa shape index (κ3) is 6.77. The molecule has 0 spiro atoms. The molecule has 0 aliphatic rings. The SMILES string of the molecule is CCCCOP(=O)(O)OCCOc1ccccc1. The van der Waals surface area contributed by atoms with Crippen molar-refractivity contribution in [3.8, 4) is 5.75 Å². The molecule has 0 amide bonds. The van der Waals surface area contributed by atoms with Crippen LogP contribution in [0.3, 0.4) is 0 Å². The van der Waals surface area contributed by atoms with Gasteiger partial charge in [-0.1, -0.05) is 31.5 Å². The normalized spacial score (nSPS) is 14.1. The van der Waals surface area contributed by atoms with Gasteiger partial charge >= 0.3 is 7.82 Å². The monoisotopic (exact) mass is 274 g/mol. The Morgan fingerprint density at radius 3 is 2.44 bits per heavy atom. The highest BCUT2D eigenvalue weighted by Crippen LogP contribution is 2.42. The van der Waals surface area contributed by atoms with Gasteiger partial charge in [0.2, 0.25) is 0 Å². The van der Waals surface area contributed by atoms with Gasteiger partial charge in [-0.2, -0.15) is 0 Å². The molecule has 0 saturated heterocycles. The number of para-hydroxylation sites is 1. The van der Waals surface area contributed by atoms with Gasteiger partial charge in [-0.15, -0.1) is 0 Å². The predicted octanol–water partition coefficient (Wildman–Crippen LogP) is 3.00. The van der Waals surface area contributed by atoms with E-state index < -0.39 is 7.82 Å². The molecule has 0 fully saturated rings. The number of phosphoric acid groups is 1. The fourth-order valence-corrected chi connectivity index (χ4v) is 1.93. The van der Waals surface area contributed by atoms with Crippen LogP contribution in [-0.4, -0.2) is 24.7 Å². The van der Waals surface area contributed by atoms with E-state index in [0.29, 0.717) is 5.75 Å². The standard InChI is InChI=1S/C12H19O5P/c1-2-3-9-16-18(13,14)17-11-10-15-12-7-5-4-6-8-12/h4-8H,2-3,9-11H2,1H3,(H,13,14). The summed E-state index contributed by atoms with van der Waals surface area (Å²) < 4.78 is 26.2. The Morgan fingerprint density at radius 1 is 1.11 bits per heavy atom. The maximum atomic E-state index is 11.4. The molecule has 18 heavy (non-hydrogen) atoms. The van der Waals surface area contributed by atoms with Crippen molar-refractivity contribution in [3.63, 3.8) is 0 Å². The highest BCUT2D eigenvalue weighted by Gasteiger charge is 2.20. The van der Waals surface area contributed by atoms with Crippen molar-refractivity contribution in [1.29, 1.82) is 0 Å². The molecule has 1 aromatic rings. The first-order chi connectivity index (χ1) is 8.64. The van der Waals surface area contributed by atoms with Crippen LogP contribution in [-0.2, 0) is 13.6 Å². The molecule has 5 nitrogen and oxygen atoms in total. The summed E-state index contributed by atoms with van der Waals surface area (Å²) >= 11 is 0. The molecule has 0 aromatic heterocycles. The van der Waals surface area contributed by atoms with E-state index in [2.05, 4.69) is 0 Å². The lowest BCUT2D eigenvalue weighted by molar-refractivity contribution is 0.128. The van der Waals surface area contributed by atoms with Gasteiger partial charge in [-0.3, -0.25) is 9.05 Å². The van der Waals surface area contributed by atoms with E-state index in [1.54, 1.807) is 12.1 Å². The van der Waals surface area contributed by atoms with Gasteiger partial charge in [0.1, 0.15) is 12.4 Å². The number of hydrogen-bond acceptors (Lipinski definition) is 4. The summed E-state index contributed by atoms with van der Waals surface area (Å²) in [6, 6.07) is 9.18. The van der Waals surface area contributed by atoms with Crippen LogP contribution in [0.5, 0.6) is 5.75 Å². The lowest BCUT2D eigenvalue weighted by Gasteiger charge is -2.12. The van der Waals surface area contributed by atoms with Crippen molar-refractivity contribution in [2.24, 2.45) is 0 Å². The first kappa shape index (κ1) is 15.2. The number of hydrogen-bond donors (Lipinski definition) is 1. The van der Waals surface area contributed by atoms with Crippen LogP contribution in [0, 0.1) is 0 Å². The fourth-order valence-electron chi connectivity index (χ4n) is 1.19. The van der Waals surface area contributed by atoms with Crippen LogP contribution in [0.2, 0.25) is 0 Å². The number of ether oxygens (including phenoxy) is 1. The minimum absolute atomic E-state index is 0.00873. The lowest BCUT2D eigenvalue weighted by Crippen LogP contribution is -2.06. The third-order valence-corrected chi connectivity index (χ3v) is 3.12. The molecule has 1 aromatic carbocycles. The van der Waals surface area contributed by atoms with E-state index in [1.807, 2.05) is 25.1 Å². The van der Waals surface area contributed by atoms with E-state index in [-0.39, 0.29) is 19.8 Å². The van der Waals surface area contributed by atoms with Crippen LogP contribution in [0.4, 0.5) is 0 Å². The van der Waals surface area contributed by atoms with Crippen LogP contribution >= 0.6 is 7.82 Å². The molecule has 6 heteroatoms. The summed E-state index contributed by atoms with van der Waals surface area (Å²) in [7, 11) is -3.92. The van der Waals surface area contributed by atoms with Gasteiger partial charge in [0.05, 0.1) is 13.2 Å². The van der Waals surface area contributed by atoms with Crippen LogP contribution in [0.15, 0.2) is 30.3 Å². The number of unbranched alkanes of at least 4 members (excludes halogenated alkanes) is 1. The van der Waals surface area contributed by atoms with Crippen molar-refractivity contribution in [2.45, 2.75) is 19.8 Å². The zero-order valence-electron chi connectivity index (χ0n) is 10.4. The topological polar surface area (TPSA) is 65.0 Å². The third-order valence-electron chi connectivity index (χ3n) is 2.10. The van der Waals surface area contributed by atoms with Crippen molar-refractivity contribution >= 4 is 7.82 Å². The molecule has 0 radical (unpaired) electrons. The molecule has 1 rings (SSSR count). The Hall–Kier alpha value is -0.870. The minimum atomic E-state index is -3.92. The lowest BCUT2D eigenvalue weighted by atomic mass is 10.3. The highest BCUT2D eigenvalue weighted by atomic mass is 31.2. The maximum absolute atomic E-state index is 11.4. The average molecular weight is 274 g/mol. The molecule has 0 aliphatic heterocycles. The number of rotatable bonds is 9. The molecule has 0 saturated carbocycles. The Labute approximate surface area is 107 Å². The van der Waals surface area contributed by atoms with Gasteiger partial charge in [0, 0.05) is 0 Å². The van der Waals surface area contributed by atoms with Crippen molar-refractivity contribution in [3.05, 3.63) is 30.3 Å². The first-order valence-corrected chi connectivity index (χ1v) is 7.43. The molecule has 0 bridgehead atoms. The van der Waals surface area contributed by atoms with Crippen molar-refractivity contribution < 1.29 is 23.2 Å². The zero-order valence-corrected chi connectivity index (χ0v) is 11.3. The van der Waals surface area contributed by atoms with Gasteiger partial charge in [0.15, 0.2) is 0 Å². The molecular formula is C12H19O5P. The Balaban J connectivity index is 2.15. The van der Waals surface area contributed by atoms with Crippen molar-refractivity contribution in [2.75, 3.05) is 19.8 Å². The van der Waals surface area contributed by atoms with E-state index in [9.17, 15) is 9.46 Å². The summed E-state index contributed by atoms with van der Waals surface area (Å²) in [5.74, 6) is 0.695. The minimum Gasteiger partial charge on any atom is -0.491 e. The largest absolute Gasteiger partial charge is 0.491 e. The molecule has 0 aliphatic carbocycles. The van der Waals surface area contributed by atoms with Gasteiger partial charge in [0.25, 0.3) is 0 Å². The van der Waals surface area contributed by atoms with Gasteiger partial charge in [-0.25, -0.2) is 4.57 Å². The second-order valence-corrected chi connectivity index (χ2v) is 5.10. The molecule has 1 atom stereocenters. The molecule has 102 valence electrons. The maximum Gasteiger partial charge on any atom is 0.472 e. The second-order valence-electron chi connectivity index (χ2n) is 3.65. The number of phosphoric ester groups is 1. The Morgan fingerprint density at radius 2 is 1.78 bits per heavy atom. The first-order valence-electron chi connectivity index (χ1n) is 5.94. The predicted molar refractivity (Wildman–Crippen MR) is 68.6 cm³/mol. The summed E-state index contributed by atoms with van der Waals surface area (Å²) in [5.41, 5.74) is 0. The number of benzene rings is 1. The summed E-state index contributed by atoms with van der Waals surface area (Å²) in [5, 5.41) is 0. The Kier molecular flexibility index (Phi) is 6.98. The van der Waals surface area contributed by atoms with E-state index in [1.165, 1.54) is 0 Å². The highest BCUT2D eigenvalue weighted by molar-refractivity contribution is 7.47. The molecule has 1 unspecified atom stereocenters. The molecule has 0 heterocycles. The molecular weight excluding hydrogens is 255 g/mol. The fraction of sp³-hybridized carbons (Fsp3) is 0.500. The Bertz CT molecular complexity index is 368. The zero-order chi connectivity index (χ0) is 13.3. The molecule has 1 N–H and O–H groups in total. The van der Waals surface area contributed by atoms with E-state index >= 15 is 0 Å². The average Bonchev–Trinajstić information content (AvgIpc) is 2.36. The van der Waals surface area contributed by atoms with Gasteiger partial charge in [-0.05, 0) is 18.6 Å². The summed E-state index contributed by atoms with van der Waals surface area (Å²) in [6.07, 6.45) is 1.63. The summed E-state index contributed by atoms with van der Waals surface area (Å²) in [6.45, 7) is 2.41. The van der Waals surface area contributed by atoms with Crippen LogP contribution < -0.4 is 4.74 Å². The summed E-state index contributed by atoms with van der Waals surface area (Å²) in [4.78, 5) is 9.29. The van der Waals surface area contributed by atoms with E-state index in [0.717, 1.165) is 12.8 Å². The van der Waals surface area contributed by atoms with E-state index in [4.69, 9.17) is 13.8 Å². The van der Waals surface area contributed by atoms with Crippen LogP contribution in [0.25, 0.3) is 0 Å².